The molecule has 0 saturated carbocycles. The molecule has 1 fully saturated rings. The maximum absolute atomic E-state index is 11.8. The molecular formula is C11H13N5O2. The molecule has 7 nitrogen and oxygen atoms in total. The Kier molecular flexibility index (Phi) is 2.81. The number of amides is 1. The van der Waals surface area contributed by atoms with Crippen molar-refractivity contribution in [2.45, 2.75) is 12.6 Å². The number of furan rings is 1. The first-order valence-electron chi connectivity index (χ1n) is 5.75. The van der Waals surface area contributed by atoms with Crippen LogP contribution in [0.3, 0.4) is 0 Å². The molecular weight excluding hydrogens is 234 g/mol. The summed E-state index contributed by atoms with van der Waals surface area (Å²) in [5.41, 5.74) is 1.25. The highest BCUT2D eigenvalue weighted by Gasteiger charge is 2.21. The summed E-state index contributed by atoms with van der Waals surface area (Å²) < 4.78 is 6.65. The molecule has 0 unspecified atom stereocenters. The van der Waals surface area contributed by atoms with E-state index in [0.717, 1.165) is 18.7 Å². The van der Waals surface area contributed by atoms with Gasteiger partial charge >= 0.3 is 0 Å². The van der Waals surface area contributed by atoms with E-state index in [1.807, 2.05) is 0 Å². The molecule has 1 aliphatic heterocycles. The van der Waals surface area contributed by atoms with Crippen LogP contribution in [0.5, 0.6) is 0 Å². The minimum atomic E-state index is -0.227. The summed E-state index contributed by atoms with van der Waals surface area (Å²) in [6.07, 6.45) is 4.84. The molecule has 0 spiro atoms. The second-order valence-corrected chi connectivity index (χ2v) is 4.21. The molecule has 1 amide bonds. The Labute approximate surface area is 103 Å². The molecule has 3 rings (SSSR count). The third-order valence-corrected chi connectivity index (χ3v) is 2.91. The van der Waals surface area contributed by atoms with Gasteiger partial charge in [0.15, 0.2) is 5.69 Å². The van der Waals surface area contributed by atoms with E-state index in [0.29, 0.717) is 18.3 Å². The molecule has 0 aromatic carbocycles. The molecule has 2 aromatic heterocycles. The lowest BCUT2D eigenvalue weighted by Crippen LogP contribution is -2.43. The van der Waals surface area contributed by atoms with Crippen LogP contribution in [-0.4, -0.2) is 34.0 Å². The number of carbonyl (C=O) groups excluding carboxylic acids is 1. The van der Waals surface area contributed by atoms with Gasteiger partial charge in [0.2, 0.25) is 0 Å². The Bertz CT molecular complexity index is 529. The van der Waals surface area contributed by atoms with Crippen molar-refractivity contribution in [3.8, 4) is 0 Å². The lowest BCUT2D eigenvalue weighted by Gasteiger charge is -2.26. The molecule has 18 heavy (non-hydrogen) atoms. The molecule has 1 aliphatic rings. The van der Waals surface area contributed by atoms with Gasteiger partial charge in [-0.1, -0.05) is 5.21 Å². The van der Waals surface area contributed by atoms with Crippen LogP contribution in [-0.2, 0) is 6.54 Å². The van der Waals surface area contributed by atoms with Crippen LogP contribution in [0.4, 0.5) is 0 Å². The predicted molar refractivity (Wildman–Crippen MR) is 61.8 cm³/mol. The van der Waals surface area contributed by atoms with Crippen LogP contribution in [0.2, 0.25) is 0 Å². The fourth-order valence-electron chi connectivity index (χ4n) is 1.69. The quantitative estimate of drug-likeness (QED) is 0.791. The van der Waals surface area contributed by atoms with Crippen molar-refractivity contribution < 1.29 is 9.21 Å². The first kappa shape index (κ1) is 11.0. The fraction of sp³-hybridized carbons (Fsp3) is 0.364. The topological polar surface area (TPSA) is 85.0 Å². The highest BCUT2D eigenvalue weighted by molar-refractivity contribution is 5.91. The number of nitrogens with zero attached hydrogens (tertiary/aromatic N) is 3. The standard InChI is InChI=1S/C11H13N5O2/c17-11(13-3-8-1-2-18-7-8)10-6-16(15-14-10)9-4-12-5-9/h1-2,6-7,9,12H,3-5H2,(H,13,17). The fourth-order valence-corrected chi connectivity index (χ4v) is 1.69. The van der Waals surface area contributed by atoms with E-state index in [9.17, 15) is 4.79 Å². The normalized spacial score (nSPS) is 15.3. The largest absolute Gasteiger partial charge is 0.472 e. The number of rotatable bonds is 4. The van der Waals surface area contributed by atoms with Gasteiger partial charge in [0, 0.05) is 25.2 Å². The van der Waals surface area contributed by atoms with Gasteiger partial charge in [0.05, 0.1) is 24.8 Å². The van der Waals surface area contributed by atoms with Crippen molar-refractivity contribution in [3.63, 3.8) is 0 Å². The Balaban J connectivity index is 1.59. The minimum absolute atomic E-state index is 0.227. The lowest BCUT2D eigenvalue weighted by atomic mass is 10.2. The molecule has 3 heterocycles. The average Bonchev–Trinajstić information content (AvgIpc) is 2.94. The van der Waals surface area contributed by atoms with Crippen LogP contribution in [0.25, 0.3) is 0 Å². The van der Waals surface area contributed by atoms with Crippen LogP contribution in [0.15, 0.2) is 29.2 Å². The molecule has 0 atom stereocenters. The zero-order chi connectivity index (χ0) is 12.4. The van der Waals surface area contributed by atoms with Gasteiger partial charge in [-0.15, -0.1) is 5.10 Å². The maximum atomic E-state index is 11.8. The van der Waals surface area contributed by atoms with Crippen LogP contribution >= 0.6 is 0 Å². The SMILES string of the molecule is O=C(NCc1ccoc1)c1cn(C2CNC2)nn1. The number of hydrogen-bond donors (Lipinski definition) is 2. The van der Waals surface area contributed by atoms with E-state index in [2.05, 4.69) is 20.9 Å². The van der Waals surface area contributed by atoms with E-state index in [1.54, 1.807) is 29.5 Å². The van der Waals surface area contributed by atoms with Crippen LogP contribution in [0.1, 0.15) is 22.1 Å². The highest BCUT2D eigenvalue weighted by atomic mass is 16.3. The highest BCUT2D eigenvalue weighted by Crippen LogP contribution is 2.09. The van der Waals surface area contributed by atoms with E-state index in [1.165, 1.54) is 0 Å². The van der Waals surface area contributed by atoms with Gasteiger partial charge in [-0.25, -0.2) is 4.68 Å². The summed E-state index contributed by atoms with van der Waals surface area (Å²) in [5.74, 6) is -0.227. The summed E-state index contributed by atoms with van der Waals surface area (Å²) in [5, 5.41) is 13.7. The molecule has 2 aromatic rings. The average molecular weight is 247 g/mol. The summed E-state index contributed by atoms with van der Waals surface area (Å²) in [7, 11) is 0. The Hall–Kier alpha value is -2.15. The predicted octanol–water partition coefficient (Wildman–Crippen LogP) is -0.0546. The molecule has 0 aliphatic carbocycles. The van der Waals surface area contributed by atoms with E-state index in [4.69, 9.17) is 4.42 Å². The summed E-state index contributed by atoms with van der Waals surface area (Å²) in [4.78, 5) is 11.8. The van der Waals surface area contributed by atoms with Gasteiger partial charge in [-0.2, -0.15) is 0 Å². The van der Waals surface area contributed by atoms with Crippen molar-refractivity contribution in [1.29, 1.82) is 0 Å². The first-order chi connectivity index (χ1) is 8.83. The zero-order valence-corrected chi connectivity index (χ0v) is 9.67. The number of nitrogens with one attached hydrogen (secondary N) is 2. The first-order valence-corrected chi connectivity index (χ1v) is 5.75. The van der Waals surface area contributed by atoms with E-state index in [-0.39, 0.29) is 5.91 Å². The molecule has 0 bridgehead atoms. The van der Waals surface area contributed by atoms with Crippen LogP contribution < -0.4 is 10.6 Å². The smallest absolute Gasteiger partial charge is 0.273 e. The van der Waals surface area contributed by atoms with Crippen molar-refractivity contribution >= 4 is 5.91 Å². The Morgan fingerprint density at radius 3 is 3.17 bits per heavy atom. The van der Waals surface area contributed by atoms with Gasteiger partial charge < -0.3 is 15.1 Å². The van der Waals surface area contributed by atoms with Crippen molar-refractivity contribution in [2.75, 3.05) is 13.1 Å². The molecule has 2 N–H and O–H groups in total. The zero-order valence-electron chi connectivity index (χ0n) is 9.67. The summed E-state index contributed by atoms with van der Waals surface area (Å²) in [6.45, 7) is 2.17. The van der Waals surface area contributed by atoms with Gasteiger partial charge in [-0.3, -0.25) is 4.79 Å². The number of carbonyl (C=O) groups is 1. The summed E-state index contributed by atoms with van der Waals surface area (Å²) in [6, 6.07) is 2.12. The Morgan fingerprint density at radius 1 is 1.61 bits per heavy atom. The lowest BCUT2D eigenvalue weighted by molar-refractivity contribution is 0.0945. The van der Waals surface area contributed by atoms with Crippen LogP contribution in [0, 0.1) is 0 Å². The van der Waals surface area contributed by atoms with Gasteiger partial charge in [-0.05, 0) is 6.07 Å². The second kappa shape index (κ2) is 4.61. The third-order valence-electron chi connectivity index (χ3n) is 2.91. The van der Waals surface area contributed by atoms with E-state index >= 15 is 0 Å². The third kappa shape index (κ3) is 2.12. The maximum Gasteiger partial charge on any atom is 0.273 e. The molecule has 0 radical (unpaired) electrons. The summed E-state index contributed by atoms with van der Waals surface area (Å²) >= 11 is 0. The molecule has 1 saturated heterocycles. The van der Waals surface area contributed by atoms with Gasteiger partial charge in [0.1, 0.15) is 0 Å². The van der Waals surface area contributed by atoms with Crippen molar-refractivity contribution in [2.24, 2.45) is 0 Å². The second-order valence-electron chi connectivity index (χ2n) is 4.21. The molecule has 7 heteroatoms. The minimum Gasteiger partial charge on any atom is -0.472 e. The van der Waals surface area contributed by atoms with Crippen molar-refractivity contribution in [3.05, 3.63) is 36.0 Å². The van der Waals surface area contributed by atoms with Crippen molar-refractivity contribution in [1.82, 2.24) is 25.6 Å². The number of aromatic nitrogens is 3. The molecule has 94 valence electrons. The van der Waals surface area contributed by atoms with E-state index < -0.39 is 0 Å². The monoisotopic (exact) mass is 247 g/mol. The number of hydrogen-bond acceptors (Lipinski definition) is 5. The Morgan fingerprint density at radius 2 is 2.50 bits per heavy atom. The van der Waals surface area contributed by atoms with Gasteiger partial charge in [0.25, 0.3) is 5.91 Å².